The molecule has 0 aliphatic carbocycles. The Balaban J connectivity index is 0.00000484. The Labute approximate surface area is 140 Å². The molecule has 1 aromatic carbocycles. The van der Waals surface area contributed by atoms with Crippen LogP contribution in [0.2, 0.25) is 0 Å². The topological polar surface area (TPSA) is 64.4 Å². The van der Waals surface area contributed by atoms with Crippen LogP contribution in [-0.2, 0) is 11.2 Å². The van der Waals surface area contributed by atoms with Crippen molar-refractivity contribution in [3.05, 3.63) is 29.8 Å². The summed E-state index contributed by atoms with van der Waals surface area (Å²) in [6.07, 6.45) is -2.80. The van der Waals surface area contributed by atoms with Crippen molar-refractivity contribution >= 4 is 18.3 Å². The van der Waals surface area contributed by atoms with Crippen molar-refractivity contribution in [1.82, 2.24) is 5.32 Å². The molecule has 0 saturated carbocycles. The zero-order valence-corrected chi connectivity index (χ0v) is 13.9. The van der Waals surface area contributed by atoms with Crippen molar-refractivity contribution in [2.45, 2.75) is 45.0 Å². The van der Waals surface area contributed by atoms with Crippen LogP contribution in [0.25, 0.3) is 0 Å². The molecule has 1 amide bonds. The van der Waals surface area contributed by atoms with E-state index in [1.807, 2.05) is 6.92 Å². The van der Waals surface area contributed by atoms with E-state index in [-0.39, 0.29) is 24.1 Å². The average Bonchev–Trinajstić information content (AvgIpc) is 2.39. The first-order valence-corrected chi connectivity index (χ1v) is 7.06. The van der Waals surface area contributed by atoms with Crippen molar-refractivity contribution in [1.29, 1.82) is 0 Å². The van der Waals surface area contributed by atoms with Crippen LogP contribution in [0.4, 0.5) is 13.2 Å². The van der Waals surface area contributed by atoms with Gasteiger partial charge in [-0.15, -0.1) is 25.6 Å². The first-order chi connectivity index (χ1) is 10.1. The Morgan fingerprint density at radius 1 is 1.26 bits per heavy atom. The molecule has 1 atom stereocenters. The monoisotopic (exact) mass is 354 g/mol. The lowest BCUT2D eigenvalue weighted by Crippen LogP contribution is -2.51. The van der Waals surface area contributed by atoms with Gasteiger partial charge in [0.05, 0.1) is 5.54 Å². The van der Waals surface area contributed by atoms with Crippen LogP contribution in [0.5, 0.6) is 5.75 Å². The van der Waals surface area contributed by atoms with Crippen LogP contribution in [0.3, 0.4) is 0 Å². The number of carbonyl (C=O) groups is 1. The van der Waals surface area contributed by atoms with Gasteiger partial charge in [-0.25, -0.2) is 0 Å². The summed E-state index contributed by atoms with van der Waals surface area (Å²) in [6, 6.07) is 5.55. The number of ether oxygens (including phenoxy) is 1. The predicted molar refractivity (Wildman–Crippen MR) is 84.6 cm³/mol. The fourth-order valence-electron chi connectivity index (χ4n) is 2.01. The Morgan fingerprint density at radius 3 is 2.30 bits per heavy atom. The number of amides is 1. The summed E-state index contributed by atoms with van der Waals surface area (Å²) in [7, 11) is 0. The molecule has 0 aliphatic heterocycles. The van der Waals surface area contributed by atoms with Crippen molar-refractivity contribution < 1.29 is 22.7 Å². The number of hydrogen-bond acceptors (Lipinski definition) is 3. The fourth-order valence-corrected chi connectivity index (χ4v) is 2.01. The summed E-state index contributed by atoms with van der Waals surface area (Å²) in [5.74, 6) is -0.496. The molecule has 0 bridgehead atoms. The fraction of sp³-hybridized carbons (Fsp3) is 0.533. The molecule has 0 spiro atoms. The van der Waals surface area contributed by atoms with Crippen molar-refractivity contribution in [2.24, 2.45) is 5.73 Å². The lowest BCUT2D eigenvalue weighted by Gasteiger charge is -2.22. The van der Waals surface area contributed by atoms with E-state index in [2.05, 4.69) is 10.1 Å². The van der Waals surface area contributed by atoms with Gasteiger partial charge in [-0.05, 0) is 37.5 Å². The summed E-state index contributed by atoms with van der Waals surface area (Å²) in [5, 5.41) is 2.73. The number of halogens is 4. The normalized spacial score (nSPS) is 13.7. The molecule has 0 fully saturated rings. The molecular formula is C15H22ClF3N2O2. The number of hydrogen-bond donors (Lipinski definition) is 2. The minimum atomic E-state index is -4.69. The highest BCUT2D eigenvalue weighted by Crippen LogP contribution is 2.22. The number of rotatable bonds is 7. The van der Waals surface area contributed by atoms with E-state index in [1.54, 1.807) is 6.92 Å². The first-order valence-electron chi connectivity index (χ1n) is 7.06. The molecule has 1 unspecified atom stereocenters. The molecule has 0 aliphatic rings. The van der Waals surface area contributed by atoms with E-state index >= 15 is 0 Å². The van der Waals surface area contributed by atoms with Crippen LogP contribution in [0.1, 0.15) is 32.3 Å². The van der Waals surface area contributed by atoms with Gasteiger partial charge in [0.15, 0.2) is 0 Å². The lowest BCUT2D eigenvalue weighted by atomic mass is 9.96. The third-order valence-corrected chi connectivity index (χ3v) is 3.14. The molecule has 132 valence electrons. The second-order valence-electron chi connectivity index (χ2n) is 5.37. The van der Waals surface area contributed by atoms with Crippen molar-refractivity contribution in [3.63, 3.8) is 0 Å². The Kier molecular flexibility index (Phi) is 8.41. The minimum Gasteiger partial charge on any atom is -0.406 e. The van der Waals surface area contributed by atoms with Gasteiger partial charge < -0.3 is 15.8 Å². The van der Waals surface area contributed by atoms with E-state index in [0.29, 0.717) is 19.4 Å². The van der Waals surface area contributed by atoms with Gasteiger partial charge in [-0.2, -0.15) is 0 Å². The summed E-state index contributed by atoms with van der Waals surface area (Å²) < 4.78 is 39.9. The third kappa shape index (κ3) is 8.08. The molecule has 4 nitrogen and oxygen atoms in total. The largest absolute Gasteiger partial charge is 0.573 e. The molecule has 0 heterocycles. The predicted octanol–water partition coefficient (Wildman–Crippen LogP) is 3.18. The van der Waals surface area contributed by atoms with Crippen LogP contribution in [0, 0.1) is 0 Å². The highest BCUT2D eigenvalue weighted by atomic mass is 35.5. The van der Waals surface area contributed by atoms with Crippen LogP contribution in [0.15, 0.2) is 24.3 Å². The molecule has 1 rings (SSSR count). The highest BCUT2D eigenvalue weighted by Gasteiger charge is 2.31. The first kappa shape index (κ1) is 21.5. The maximum Gasteiger partial charge on any atom is 0.573 e. The number of nitrogens with two attached hydrogens (primary N) is 1. The van der Waals surface area contributed by atoms with E-state index < -0.39 is 11.9 Å². The summed E-state index contributed by atoms with van der Waals surface area (Å²) in [6.45, 7) is 3.99. The van der Waals surface area contributed by atoms with Gasteiger partial charge in [-0.1, -0.05) is 25.5 Å². The standard InChI is InChI=1S/C15H21F3N2O2.ClH/c1-3-9-14(2,19)13(21)20-10-8-11-4-6-12(7-5-11)22-15(16,17)18;/h4-7H,3,8-10,19H2,1-2H3,(H,20,21);1H. The van der Waals surface area contributed by atoms with Gasteiger partial charge in [0.2, 0.25) is 5.91 Å². The van der Waals surface area contributed by atoms with E-state index in [4.69, 9.17) is 5.73 Å². The molecule has 0 saturated heterocycles. The molecule has 0 aromatic heterocycles. The smallest absolute Gasteiger partial charge is 0.406 e. The number of benzene rings is 1. The molecule has 0 radical (unpaired) electrons. The Hall–Kier alpha value is -1.47. The quantitative estimate of drug-likeness (QED) is 0.790. The molecule has 8 heteroatoms. The molecule has 1 aromatic rings. The Morgan fingerprint density at radius 2 is 1.83 bits per heavy atom. The molecular weight excluding hydrogens is 333 g/mol. The van der Waals surface area contributed by atoms with Gasteiger partial charge in [0.25, 0.3) is 0 Å². The average molecular weight is 355 g/mol. The third-order valence-electron chi connectivity index (χ3n) is 3.14. The number of carbonyl (C=O) groups excluding carboxylic acids is 1. The van der Waals surface area contributed by atoms with E-state index in [9.17, 15) is 18.0 Å². The van der Waals surface area contributed by atoms with Gasteiger partial charge in [0.1, 0.15) is 5.75 Å². The molecule has 3 N–H and O–H groups in total. The van der Waals surface area contributed by atoms with Crippen LogP contribution >= 0.6 is 12.4 Å². The lowest BCUT2D eigenvalue weighted by molar-refractivity contribution is -0.274. The van der Waals surface area contributed by atoms with Gasteiger partial charge in [-0.3, -0.25) is 4.79 Å². The van der Waals surface area contributed by atoms with Crippen molar-refractivity contribution in [3.8, 4) is 5.75 Å². The highest BCUT2D eigenvalue weighted by molar-refractivity contribution is 5.85. The van der Waals surface area contributed by atoms with Gasteiger partial charge in [0, 0.05) is 6.54 Å². The maximum absolute atomic E-state index is 12.0. The van der Waals surface area contributed by atoms with E-state index in [0.717, 1.165) is 12.0 Å². The molecule has 23 heavy (non-hydrogen) atoms. The second-order valence-corrected chi connectivity index (χ2v) is 5.37. The zero-order chi connectivity index (χ0) is 16.8. The van der Waals surface area contributed by atoms with Crippen molar-refractivity contribution in [2.75, 3.05) is 6.54 Å². The summed E-state index contributed by atoms with van der Waals surface area (Å²) in [4.78, 5) is 11.9. The second kappa shape index (κ2) is 8.98. The number of alkyl halides is 3. The summed E-state index contributed by atoms with van der Waals surface area (Å²) in [5.41, 5.74) is 5.79. The van der Waals surface area contributed by atoms with Gasteiger partial charge >= 0.3 is 6.36 Å². The van der Waals surface area contributed by atoms with Crippen LogP contribution in [-0.4, -0.2) is 24.4 Å². The number of nitrogens with one attached hydrogen (secondary N) is 1. The maximum atomic E-state index is 12.0. The van der Waals surface area contributed by atoms with E-state index in [1.165, 1.54) is 24.3 Å². The minimum absolute atomic E-state index is 0. The zero-order valence-electron chi connectivity index (χ0n) is 13.1. The van der Waals surface area contributed by atoms with Crippen LogP contribution < -0.4 is 15.8 Å². The summed E-state index contributed by atoms with van der Waals surface area (Å²) >= 11 is 0. The SMILES string of the molecule is CCCC(C)(N)C(=O)NCCc1ccc(OC(F)(F)F)cc1.Cl. The Bertz CT molecular complexity index is 490.